The van der Waals surface area contributed by atoms with Crippen molar-refractivity contribution >= 4 is 26.0 Å². The number of imidazole rings is 1. The van der Waals surface area contributed by atoms with E-state index < -0.39 is 32.6 Å². The van der Waals surface area contributed by atoms with Crippen LogP contribution in [0.2, 0.25) is 0 Å². The van der Waals surface area contributed by atoms with E-state index in [2.05, 4.69) is 25.6 Å². The maximum Gasteiger partial charge on any atom is 0.302 e. The third-order valence-electron chi connectivity index (χ3n) is 4.44. The van der Waals surface area contributed by atoms with Gasteiger partial charge in [0.1, 0.15) is 22.3 Å². The first kappa shape index (κ1) is 22.4. The first-order valence-corrected chi connectivity index (χ1v) is 11.4. The fraction of sp³-hybridized carbons (Fsp3) is 0.250. The van der Waals surface area contributed by atoms with Crippen molar-refractivity contribution in [2.75, 3.05) is 0 Å². The zero-order chi connectivity index (χ0) is 22.1. The highest BCUT2D eigenvalue weighted by atomic mass is 79.9. The Bertz CT molecular complexity index is 1160. The molecule has 160 valence electrons. The molecule has 3 rings (SSSR count). The molecule has 1 atom stereocenters. The Morgan fingerprint density at radius 1 is 1.20 bits per heavy atom. The van der Waals surface area contributed by atoms with E-state index in [1.807, 2.05) is 26.0 Å². The molecule has 1 aromatic heterocycles. The summed E-state index contributed by atoms with van der Waals surface area (Å²) in [6.45, 7) is 5.87. The van der Waals surface area contributed by atoms with Gasteiger partial charge in [0, 0.05) is 6.54 Å². The molecule has 1 unspecified atom stereocenters. The van der Waals surface area contributed by atoms with Crippen LogP contribution in [0.1, 0.15) is 31.1 Å². The van der Waals surface area contributed by atoms with Gasteiger partial charge in [-0.2, -0.15) is 0 Å². The van der Waals surface area contributed by atoms with Gasteiger partial charge in [0.15, 0.2) is 0 Å². The number of halogens is 3. The van der Waals surface area contributed by atoms with Crippen LogP contribution >= 0.6 is 15.9 Å². The highest BCUT2D eigenvalue weighted by Crippen LogP contribution is 2.27. The van der Waals surface area contributed by atoms with Crippen LogP contribution in [0.5, 0.6) is 11.8 Å². The molecule has 3 aromatic rings. The van der Waals surface area contributed by atoms with Crippen molar-refractivity contribution < 1.29 is 21.9 Å². The van der Waals surface area contributed by atoms with Crippen LogP contribution < -0.4 is 9.46 Å². The van der Waals surface area contributed by atoms with Crippen LogP contribution in [-0.4, -0.2) is 18.0 Å². The van der Waals surface area contributed by atoms with Gasteiger partial charge in [0.05, 0.1) is 22.4 Å². The average molecular weight is 500 g/mol. The summed E-state index contributed by atoms with van der Waals surface area (Å²) in [5, 5.41) is 0. The van der Waals surface area contributed by atoms with E-state index in [1.165, 1.54) is 6.20 Å². The third-order valence-corrected chi connectivity index (χ3v) is 6.60. The summed E-state index contributed by atoms with van der Waals surface area (Å²) in [4.78, 5) is 3.47. The minimum atomic E-state index is -4.32. The van der Waals surface area contributed by atoms with E-state index in [-0.39, 0.29) is 4.47 Å². The second-order valence-corrected chi connectivity index (χ2v) is 9.20. The lowest BCUT2D eigenvalue weighted by Gasteiger charge is -2.17. The molecule has 0 aliphatic carbocycles. The molecule has 10 heteroatoms. The Morgan fingerprint density at radius 3 is 2.50 bits per heavy atom. The lowest BCUT2D eigenvalue weighted by molar-refractivity contribution is 0.408. The Morgan fingerprint density at radius 2 is 1.87 bits per heavy atom. The summed E-state index contributed by atoms with van der Waals surface area (Å²) in [7, 11) is -4.32. The van der Waals surface area contributed by atoms with Crippen molar-refractivity contribution in [3.8, 4) is 11.8 Å². The predicted molar refractivity (Wildman–Crippen MR) is 112 cm³/mol. The normalized spacial score (nSPS) is 12.7. The zero-order valence-corrected chi connectivity index (χ0v) is 18.9. The summed E-state index contributed by atoms with van der Waals surface area (Å²) in [6, 6.07) is 8.35. The van der Waals surface area contributed by atoms with Gasteiger partial charge in [-0.05, 0) is 61.0 Å². The van der Waals surface area contributed by atoms with Crippen LogP contribution in [0.3, 0.4) is 0 Å². The molecule has 0 aliphatic rings. The number of aryl methyl sites for hydroxylation is 1. The van der Waals surface area contributed by atoms with Crippen molar-refractivity contribution in [2.45, 2.75) is 38.3 Å². The number of nitrogens with one attached hydrogen (secondary N) is 1. The van der Waals surface area contributed by atoms with Gasteiger partial charge in [-0.15, -0.1) is 0 Å². The molecule has 0 bridgehead atoms. The third kappa shape index (κ3) is 4.71. The molecular formula is C20H20BrF2N3O3S. The number of rotatable bonds is 7. The zero-order valence-electron chi connectivity index (χ0n) is 16.5. The molecular weight excluding hydrogens is 480 g/mol. The van der Waals surface area contributed by atoms with Gasteiger partial charge < -0.3 is 4.74 Å². The number of hydrogen-bond donors (Lipinski definition) is 1. The van der Waals surface area contributed by atoms with Crippen molar-refractivity contribution in [3.63, 3.8) is 0 Å². The summed E-state index contributed by atoms with van der Waals surface area (Å²) in [6.07, 6.45) is 1.48. The highest BCUT2D eigenvalue weighted by Gasteiger charge is 2.26. The van der Waals surface area contributed by atoms with Gasteiger partial charge in [0.2, 0.25) is 10.0 Å². The fourth-order valence-corrected chi connectivity index (χ4v) is 4.50. The van der Waals surface area contributed by atoms with E-state index >= 15 is 0 Å². The summed E-state index contributed by atoms with van der Waals surface area (Å²) < 4.78 is 62.9. The Hall–Kier alpha value is -2.30. The Balaban J connectivity index is 1.86. The molecule has 1 heterocycles. The maximum absolute atomic E-state index is 14.1. The number of ether oxygens (including phenoxy) is 1. The van der Waals surface area contributed by atoms with E-state index in [1.54, 1.807) is 23.6 Å². The lowest BCUT2D eigenvalue weighted by Crippen LogP contribution is -2.29. The molecule has 0 fully saturated rings. The second-order valence-electron chi connectivity index (χ2n) is 6.66. The van der Waals surface area contributed by atoms with Crippen molar-refractivity contribution in [1.82, 2.24) is 14.3 Å². The number of benzene rings is 2. The topological polar surface area (TPSA) is 73.2 Å². The molecule has 0 saturated heterocycles. The molecule has 0 amide bonds. The van der Waals surface area contributed by atoms with Crippen molar-refractivity contribution in [3.05, 3.63) is 70.0 Å². The summed E-state index contributed by atoms with van der Waals surface area (Å²) >= 11 is 2.83. The first-order chi connectivity index (χ1) is 14.1. The van der Waals surface area contributed by atoms with Gasteiger partial charge in [-0.1, -0.05) is 17.7 Å². The van der Waals surface area contributed by atoms with Crippen LogP contribution in [0, 0.1) is 18.6 Å². The molecule has 6 nitrogen and oxygen atoms in total. The number of sulfonamides is 1. The molecule has 0 aliphatic heterocycles. The Labute approximate surface area is 182 Å². The molecule has 0 spiro atoms. The van der Waals surface area contributed by atoms with E-state index in [0.29, 0.717) is 30.1 Å². The SMILES string of the molecule is CCn1c(C(C)NS(=O)(=O)c2cc(F)c(Br)cc2F)cnc1Oc1ccc(C)cc1. The van der Waals surface area contributed by atoms with Gasteiger partial charge in [0.25, 0.3) is 0 Å². The fourth-order valence-electron chi connectivity index (χ4n) is 2.89. The predicted octanol–water partition coefficient (Wildman–Crippen LogP) is 5.08. The number of aromatic nitrogens is 2. The highest BCUT2D eigenvalue weighted by molar-refractivity contribution is 9.10. The molecule has 0 saturated carbocycles. The minimum absolute atomic E-state index is 0.158. The van der Waals surface area contributed by atoms with Gasteiger partial charge in [-0.3, -0.25) is 4.57 Å². The van der Waals surface area contributed by atoms with E-state index in [9.17, 15) is 17.2 Å². The lowest BCUT2D eigenvalue weighted by atomic mass is 10.2. The first-order valence-electron chi connectivity index (χ1n) is 9.09. The molecule has 30 heavy (non-hydrogen) atoms. The van der Waals surface area contributed by atoms with Crippen LogP contribution in [-0.2, 0) is 16.6 Å². The van der Waals surface area contributed by atoms with E-state index in [4.69, 9.17) is 4.74 Å². The second kappa shape index (κ2) is 8.83. The Kier molecular flexibility index (Phi) is 6.59. The van der Waals surface area contributed by atoms with E-state index in [0.717, 1.165) is 11.6 Å². The maximum atomic E-state index is 14.1. The number of hydrogen-bond acceptors (Lipinski definition) is 4. The smallest absolute Gasteiger partial charge is 0.302 e. The van der Waals surface area contributed by atoms with Crippen LogP contribution in [0.25, 0.3) is 0 Å². The largest absolute Gasteiger partial charge is 0.426 e. The van der Waals surface area contributed by atoms with Crippen molar-refractivity contribution in [2.24, 2.45) is 0 Å². The van der Waals surface area contributed by atoms with Crippen LogP contribution in [0.15, 0.2) is 52.0 Å². The minimum Gasteiger partial charge on any atom is -0.426 e. The van der Waals surface area contributed by atoms with Crippen LogP contribution in [0.4, 0.5) is 8.78 Å². The molecule has 2 aromatic carbocycles. The van der Waals surface area contributed by atoms with Crippen molar-refractivity contribution in [1.29, 1.82) is 0 Å². The summed E-state index contributed by atoms with van der Waals surface area (Å²) in [5.41, 5.74) is 1.60. The standard InChI is InChI=1S/C20H20BrF2N3O3S/c1-4-26-18(11-24-20(26)29-14-7-5-12(2)6-8-14)13(3)25-30(27,28)19-10-16(22)15(21)9-17(19)23/h5-11,13,25H,4H2,1-3H3. The average Bonchev–Trinajstić information content (AvgIpc) is 3.08. The number of nitrogens with zero attached hydrogens (tertiary/aromatic N) is 2. The monoisotopic (exact) mass is 499 g/mol. The van der Waals surface area contributed by atoms with Gasteiger partial charge >= 0.3 is 6.01 Å². The molecule has 1 N–H and O–H groups in total. The quantitative estimate of drug-likeness (QED) is 0.459. The summed E-state index contributed by atoms with van der Waals surface area (Å²) in [5.74, 6) is -1.35. The molecule has 0 radical (unpaired) electrons. The van der Waals surface area contributed by atoms with Gasteiger partial charge in [-0.25, -0.2) is 26.9 Å².